The molecule has 0 aromatic rings. The molecule has 0 radical (unpaired) electrons. The zero-order valence-corrected chi connectivity index (χ0v) is 11.5. The lowest BCUT2D eigenvalue weighted by Crippen LogP contribution is -2.50. The fourth-order valence-electron chi connectivity index (χ4n) is 2.64. The first-order chi connectivity index (χ1) is 9.58. The van der Waals surface area contributed by atoms with Crippen LogP contribution in [-0.2, 0) is 9.59 Å². The molecule has 0 aliphatic carbocycles. The number of rotatable bonds is 6. The van der Waals surface area contributed by atoms with Crippen LogP contribution in [0.1, 0.15) is 44.9 Å². The fourth-order valence-corrected chi connectivity index (χ4v) is 2.64. The van der Waals surface area contributed by atoms with E-state index in [1.54, 1.807) is 4.90 Å². The number of carbonyl (C=O) groups is 2. The van der Waals surface area contributed by atoms with Crippen LogP contribution in [0, 0.1) is 12.3 Å². The van der Waals surface area contributed by atoms with Gasteiger partial charge in [-0.1, -0.05) is 0 Å². The van der Waals surface area contributed by atoms with Gasteiger partial charge in [0.1, 0.15) is 6.04 Å². The molecule has 108 valence electrons. The summed E-state index contributed by atoms with van der Waals surface area (Å²) in [7, 11) is 0. The lowest BCUT2D eigenvalue weighted by atomic mass is 9.98. The molecule has 0 bridgehead atoms. The predicted molar refractivity (Wildman–Crippen MR) is 73.4 cm³/mol. The molecule has 2 heterocycles. The van der Waals surface area contributed by atoms with Crippen LogP contribution in [0.2, 0.25) is 0 Å². The van der Waals surface area contributed by atoms with Gasteiger partial charge >= 0.3 is 0 Å². The van der Waals surface area contributed by atoms with E-state index in [0.717, 1.165) is 12.8 Å². The minimum atomic E-state index is -0.453. The van der Waals surface area contributed by atoms with E-state index in [-0.39, 0.29) is 5.91 Å². The van der Waals surface area contributed by atoms with Crippen molar-refractivity contribution in [1.82, 2.24) is 4.90 Å². The maximum absolute atomic E-state index is 12.3. The molecule has 6 nitrogen and oxygen atoms in total. The van der Waals surface area contributed by atoms with E-state index in [1.807, 2.05) is 0 Å². The molecule has 6 heteroatoms. The van der Waals surface area contributed by atoms with Crippen LogP contribution in [0.3, 0.4) is 0 Å². The molecule has 2 aliphatic heterocycles. The van der Waals surface area contributed by atoms with Crippen molar-refractivity contribution in [2.45, 2.75) is 56.7 Å². The van der Waals surface area contributed by atoms with Crippen molar-refractivity contribution in [3.05, 3.63) is 0 Å². The molecule has 20 heavy (non-hydrogen) atoms. The Kier molecular flexibility index (Phi) is 4.38. The van der Waals surface area contributed by atoms with Gasteiger partial charge in [0.2, 0.25) is 11.8 Å². The Bertz CT molecular complexity index is 460. The standard InChI is InChI=1S/C14H20N4O2/c1-2-3-8-14(16-17-14)9-7-12(19)18-10-5-4-6-11(18)13(15)20/h1,11H,3-10H2,(H2,15,20). The van der Waals surface area contributed by atoms with Crippen LogP contribution < -0.4 is 5.73 Å². The topological polar surface area (TPSA) is 88.1 Å². The zero-order valence-electron chi connectivity index (χ0n) is 11.5. The number of hydrogen-bond acceptors (Lipinski definition) is 4. The Balaban J connectivity index is 1.85. The van der Waals surface area contributed by atoms with Gasteiger partial charge < -0.3 is 10.6 Å². The highest BCUT2D eigenvalue weighted by Crippen LogP contribution is 2.37. The molecule has 0 saturated carbocycles. The molecule has 1 unspecified atom stereocenters. The lowest BCUT2D eigenvalue weighted by Gasteiger charge is -2.33. The minimum absolute atomic E-state index is 0.0362. The second kappa shape index (κ2) is 6.04. The van der Waals surface area contributed by atoms with E-state index in [0.29, 0.717) is 38.6 Å². The minimum Gasteiger partial charge on any atom is -0.368 e. The largest absolute Gasteiger partial charge is 0.368 e. The van der Waals surface area contributed by atoms with Gasteiger partial charge in [-0.2, -0.15) is 10.2 Å². The van der Waals surface area contributed by atoms with Crippen molar-refractivity contribution in [3.63, 3.8) is 0 Å². The Morgan fingerprint density at radius 1 is 1.35 bits per heavy atom. The molecule has 0 aromatic heterocycles. The average molecular weight is 276 g/mol. The average Bonchev–Trinajstić information content (AvgIpc) is 3.23. The van der Waals surface area contributed by atoms with Crippen LogP contribution >= 0.6 is 0 Å². The van der Waals surface area contributed by atoms with Gasteiger partial charge in [-0.05, 0) is 19.3 Å². The van der Waals surface area contributed by atoms with E-state index in [4.69, 9.17) is 12.2 Å². The maximum atomic E-state index is 12.3. The highest BCUT2D eigenvalue weighted by atomic mass is 16.2. The predicted octanol–water partition coefficient (Wildman–Crippen LogP) is 1.21. The summed E-state index contributed by atoms with van der Waals surface area (Å²) in [5.74, 6) is 2.11. The smallest absolute Gasteiger partial charge is 0.240 e. The summed E-state index contributed by atoms with van der Waals surface area (Å²) in [6.45, 7) is 0.609. The second-order valence-corrected chi connectivity index (χ2v) is 5.39. The van der Waals surface area contributed by atoms with E-state index in [2.05, 4.69) is 16.1 Å². The van der Waals surface area contributed by atoms with Gasteiger partial charge in [-0.3, -0.25) is 9.59 Å². The number of nitrogens with two attached hydrogens (primary N) is 1. The molecule has 2 N–H and O–H groups in total. The number of terminal acetylenes is 1. The molecule has 1 atom stereocenters. The van der Waals surface area contributed by atoms with Crippen molar-refractivity contribution < 1.29 is 9.59 Å². The Labute approximate surface area is 118 Å². The van der Waals surface area contributed by atoms with Crippen LogP contribution in [0.5, 0.6) is 0 Å². The van der Waals surface area contributed by atoms with Gasteiger partial charge in [0.25, 0.3) is 0 Å². The van der Waals surface area contributed by atoms with E-state index in [9.17, 15) is 9.59 Å². The first kappa shape index (κ1) is 14.5. The quantitative estimate of drug-likeness (QED) is 0.739. The van der Waals surface area contributed by atoms with Gasteiger partial charge in [0.05, 0.1) is 0 Å². The number of hydrogen-bond donors (Lipinski definition) is 1. The summed E-state index contributed by atoms with van der Waals surface area (Å²) in [4.78, 5) is 25.3. The number of likely N-dealkylation sites (tertiary alicyclic amines) is 1. The molecule has 2 aliphatic rings. The first-order valence-corrected chi connectivity index (χ1v) is 7.04. The maximum Gasteiger partial charge on any atom is 0.240 e. The van der Waals surface area contributed by atoms with Crippen molar-refractivity contribution in [3.8, 4) is 12.3 Å². The van der Waals surface area contributed by atoms with Crippen LogP contribution in [-0.4, -0.2) is 35.0 Å². The third-order valence-electron chi connectivity index (χ3n) is 3.94. The van der Waals surface area contributed by atoms with Crippen LogP contribution in [0.15, 0.2) is 10.2 Å². The number of amides is 2. The summed E-state index contributed by atoms with van der Waals surface area (Å²) in [5, 5.41) is 8.02. The number of carbonyl (C=O) groups excluding carboxylic acids is 2. The lowest BCUT2D eigenvalue weighted by molar-refractivity contribution is -0.141. The number of piperidine rings is 1. The molecule has 0 aromatic carbocycles. The van der Waals surface area contributed by atoms with Crippen molar-refractivity contribution in [2.24, 2.45) is 16.0 Å². The zero-order chi connectivity index (χ0) is 14.6. The number of primary amides is 1. The second-order valence-electron chi connectivity index (χ2n) is 5.39. The summed E-state index contributed by atoms with van der Waals surface area (Å²) < 4.78 is 0. The summed E-state index contributed by atoms with van der Waals surface area (Å²) in [6, 6.07) is -0.453. The summed E-state index contributed by atoms with van der Waals surface area (Å²) >= 11 is 0. The molecule has 2 amide bonds. The van der Waals surface area contributed by atoms with Gasteiger partial charge in [0.15, 0.2) is 5.66 Å². The van der Waals surface area contributed by atoms with Crippen molar-refractivity contribution in [1.29, 1.82) is 0 Å². The number of nitrogens with zero attached hydrogens (tertiary/aromatic N) is 3. The SMILES string of the molecule is C#CCCC1(CCC(=O)N2CCCCC2C(N)=O)N=N1. The van der Waals surface area contributed by atoms with Gasteiger partial charge in [-0.25, -0.2) is 0 Å². The Morgan fingerprint density at radius 2 is 2.10 bits per heavy atom. The molecule has 1 saturated heterocycles. The highest BCUT2D eigenvalue weighted by molar-refractivity contribution is 5.86. The summed E-state index contributed by atoms with van der Waals surface area (Å²) in [5.41, 5.74) is 4.92. The van der Waals surface area contributed by atoms with Crippen molar-refractivity contribution in [2.75, 3.05) is 6.54 Å². The molecule has 1 fully saturated rings. The van der Waals surface area contributed by atoms with Crippen LogP contribution in [0.4, 0.5) is 0 Å². The Morgan fingerprint density at radius 3 is 2.70 bits per heavy atom. The van der Waals surface area contributed by atoms with Gasteiger partial charge in [0, 0.05) is 32.2 Å². The van der Waals surface area contributed by atoms with E-state index in [1.165, 1.54) is 0 Å². The third kappa shape index (κ3) is 3.35. The molecule has 2 rings (SSSR count). The normalized spacial score (nSPS) is 23.1. The van der Waals surface area contributed by atoms with Crippen molar-refractivity contribution >= 4 is 11.8 Å². The fraction of sp³-hybridized carbons (Fsp3) is 0.714. The Hall–Kier alpha value is -1.90. The third-order valence-corrected chi connectivity index (χ3v) is 3.94. The monoisotopic (exact) mass is 276 g/mol. The molecular formula is C14H20N4O2. The first-order valence-electron chi connectivity index (χ1n) is 7.04. The summed E-state index contributed by atoms with van der Waals surface area (Å²) in [6.07, 6.45) is 9.95. The molecular weight excluding hydrogens is 256 g/mol. The van der Waals surface area contributed by atoms with E-state index >= 15 is 0 Å². The van der Waals surface area contributed by atoms with Crippen LogP contribution in [0.25, 0.3) is 0 Å². The molecule has 0 spiro atoms. The highest BCUT2D eigenvalue weighted by Gasteiger charge is 2.40. The van der Waals surface area contributed by atoms with Gasteiger partial charge in [-0.15, -0.1) is 12.3 Å². The van der Waals surface area contributed by atoms with E-state index < -0.39 is 17.6 Å².